The lowest BCUT2D eigenvalue weighted by molar-refractivity contribution is 0.117. The zero-order chi connectivity index (χ0) is 14.4. The molecule has 0 fully saturated rings. The zero-order valence-corrected chi connectivity index (χ0v) is 12.9. The van der Waals surface area contributed by atoms with Crippen LogP contribution in [0.5, 0.6) is 5.75 Å². The third kappa shape index (κ3) is 4.97. The lowest BCUT2D eigenvalue weighted by atomic mass is 10.3. The van der Waals surface area contributed by atoms with Crippen LogP contribution in [0.2, 0.25) is 0 Å². The van der Waals surface area contributed by atoms with Gasteiger partial charge in [-0.05, 0) is 71.1 Å². The van der Waals surface area contributed by atoms with Crippen molar-refractivity contribution in [2.24, 2.45) is 0 Å². The molecule has 3 nitrogen and oxygen atoms in total. The molecule has 0 radical (unpaired) electrons. The van der Waals surface area contributed by atoms with Gasteiger partial charge in [0.15, 0.2) is 0 Å². The molecule has 0 spiro atoms. The highest BCUT2D eigenvalue weighted by Gasteiger charge is 2.05. The largest absolute Gasteiger partial charge is 0.491 e. The molecule has 2 N–H and O–H groups in total. The van der Waals surface area contributed by atoms with Crippen LogP contribution in [0.4, 0.5) is 10.1 Å². The Morgan fingerprint density at radius 2 is 1.75 bits per heavy atom. The number of nitrogens with one attached hydrogen (secondary N) is 1. The Morgan fingerprint density at radius 3 is 2.40 bits per heavy atom. The molecule has 2 aromatic rings. The van der Waals surface area contributed by atoms with Gasteiger partial charge in [-0.2, -0.15) is 0 Å². The van der Waals surface area contributed by atoms with Crippen LogP contribution in [-0.2, 0) is 0 Å². The van der Waals surface area contributed by atoms with E-state index in [0.29, 0.717) is 12.3 Å². The normalized spacial score (nSPS) is 11.9. The Hall–Kier alpha value is -1.34. The number of ether oxygens (including phenoxy) is 1. The van der Waals surface area contributed by atoms with Crippen LogP contribution in [0, 0.1) is 9.39 Å². The van der Waals surface area contributed by atoms with E-state index in [0.717, 1.165) is 9.26 Å². The Labute approximate surface area is 130 Å². The highest BCUT2D eigenvalue weighted by molar-refractivity contribution is 14.1. The van der Waals surface area contributed by atoms with E-state index in [1.165, 1.54) is 24.3 Å². The van der Waals surface area contributed by atoms with E-state index in [-0.39, 0.29) is 12.4 Å². The van der Waals surface area contributed by atoms with Gasteiger partial charge < -0.3 is 15.2 Å². The monoisotopic (exact) mass is 387 g/mol. The maximum Gasteiger partial charge on any atom is 0.123 e. The molecule has 0 saturated carbocycles. The predicted molar refractivity (Wildman–Crippen MR) is 85.6 cm³/mol. The van der Waals surface area contributed by atoms with Gasteiger partial charge in [-0.1, -0.05) is 0 Å². The molecule has 5 heteroatoms. The molecule has 0 aliphatic heterocycles. The number of rotatable bonds is 6. The zero-order valence-electron chi connectivity index (χ0n) is 10.7. The van der Waals surface area contributed by atoms with Gasteiger partial charge in [-0.25, -0.2) is 4.39 Å². The van der Waals surface area contributed by atoms with Crippen LogP contribution in [0.15, 0.2) is 48.5 Å². The summed E-state index contributed by atoms with van der Waals surface area (Å²) in [4.78, 5) is 0. The molecular formula is C15H15FINO2. The lowest BCUT2D eigenvalue weighted by Gasteiger charge is -2.14. The molecule has 106 valence electrons. The number of benzene rings is 2. The summed E-state index contributed by atoms with van der Waals surface area (Å²) in [5.74, 6) is 0.234. The van der Waals surface area contributed by atoms with E-state index in [2.05, 4.69) is 27.9 Å². The summed E-state index contributed by atoms with van der Waals surface area (Å²) in [6.45, 7) is 0.546. The number of hydrogen-bond donors (Lipinski definition) is 2. The first kappa shape index (κ1) is 15.1. The van der Waals surface area contributed by atoms with Crippen molar-refractivity contribution in [3.05, 3.63) is 57.9 Å². The lowest BCUT2D eigenvalue weighted by Crippen LogP contribution is -2.26. The summed E-state index contributed by atoms with van der Waals surface area (Å²) in [6, 6.07) is 13.6. The minimum atomic E-state index is -0.640. The molecule has 2 rings (SSSR count). The molecule has 0 bridgehead atoms. The fraction of sp³-hybridized carbons (Fsp3) is 0.200. The SMILES string of the molecule is OC(CNc1ccc(I)cc1)COc1ccc(F)cc1. The fourth-order valence-electron chi connectivity index (χ4n) is 1.59. The fourth-order valence-corrected chi connectivity index (χ4v) is 1.95. The maximum atomic E-state index is 12.7. The topological polar surface area (TPSA) is 41.5 Å². The second-order valence-electron chi connectivity index (χ2n) is 4.31. The van der Waals surface area contributed by atoms with Crippen LogP contribution >= 0.6 is 22.6 Å². The van der Waals surface area contributed by atoms with E-state index < -0.39 is 6.10 Å². The summed E-state index contributed by atoms with van der Waals surface area (Å²) in [5, 5.41) is 12.9. The van der Waals surface area contributed by atoms with Crippen molar-refractivity contribution in [1.82, 2.24) is 0 Å². The third-order valence-corrected chi connectivity index (χ3v) is 3.36. The molecule has 0 heterocycles. The van der Waals surface area contributed by atoms with Gasteiger partial charge in [-0.3, -0.25) is 0 Å². The summed E-state index contributed by atoms with van der Waals surface area (Å²) < 4.78 is 19.2. The molecule has 1 unspecified atom stereocenters. The van der Waals surface area contributed by atoms with E-state index >= 15 is 0 Å². The van der Waals surface area contributed by atoms with E-state index in [1.54, 1.807) is 0 Å². The molecule has 20 heavy (non-hydrogen) atoms. The summed E-state index contributed by atoms with van der Waals surface area (Å²) >= 11 is 2.24. The standard InChI is InChI=1S/C15H15FINO2/c16-11-1-7-15(8-2-11)20-10-14(19)9-18-13-5-3-12(17)4-6-13/h1-8,14,18-19H,9-10H2. The first-order valence-corrected chi connectivity index (χ1v) is 7.27. The van der Waals surface area contributed by atoms with E-state index in [4.69, 9.17) is 4.74 Å². The highest BCUT2D eigenvalue weighted by atomic mass is 127. The van der Waals surface area contributed by atoms with Gasteiger partial charge in [-0.15, -0.1) is 0 Å². The molecule has 0 amide bonds. The number of aliphatic hydroxyl groups is 1. The molecule has 1 atom stereocenters. The van der Waals surface area contributed by atoms with Crippen LogP contribution in [0.25, 0.3) is 0 Å². The van der Waals surface area contributed by atoms with Crippen LogP contribution in [-0.4, -0.2) is 24.4 Å². The maximum absolute atomic E-state index is 12.7. The molecule has 0 aliphatic rings. The van der Waals surface area contributed by atoms with Gasteiger partial charge in [0.2, 0.25) is 0 Å². The van der Waals surface area contributed by atoms with E-state index in [1.807, 2.05) is 24.3 Å². The Bertz CT molecular complexity index is 481. The van der Waals surface area contributed by atoms with Crippen LogP contribution in [0.3, 0.4) is 0 Å². The minimum absolute atomic E-state index is 0.156. The van der Waals surface area contributed by atoms with Gasteiger partial charge in [0.1, 0.15) is 24.3 Å². The quantitative estimate of drug-likeness (QED) is 0.748. The Balaban J connectivity index is 1.73. The molecule has 2 aromatic carbocycles. The van der Waals surface area contributed by atoms with Crippen molar-refractivity contribution in [3.8, 4) is 5.75 Å². The summed E-state index contributed by atoms with van der Waals surface area (Å²) in [5.41, 5.74) is 0.950. The average molecular weight is 387 g/mol. The van der Waals surface area contributed by atoms with Crippen molar-refractivity contribution >= 4 is 28.3 Å². The van der Waals surface area contributed by atoms with Gasteiger partial charge in [0, 0.05) is 15.8 Å². The number of halogens is 2. The first-order chi connectivity index (χ1) is 9.63. The summed E-state index contributed by atoms with van der Waals surface area (Å²) in [7, 11) is 0. The average Bonchev–Trinajstić information content (AvgIpc) is 2.46. The van der Waals surface area contributed by atoms with Crippen molar-refractivity contribution in [1.29, 1.82) is 0 Å². The van der Waals surface area contributed by atoms with E-state index in [9.17, 15) is 9.50 Å². The Morgan fingerprint density at radius 1 is 1.10 bits per heavy atom. The molecule has 0 aromatic heterocycles. The molecule has 0 saturated heterocycles. The van der Waals surface area contributed by atoms with Crippen molar-refractivity contribution < 1.29 is 14.2 Å². The molecular weight excluding hydrogens is 372 g/mol. The predicted octanol–water partition coefficient (Wildman–Crippen LogP) is 3.28. The third-order valence-electron chi connectivity index (χ3n) is 2.64. The highest BCUT2D eigenvalue weighted by Crippen LogP contribution is 2.12. The van der Waals surface area contributed by atoms with Crippen LogP contribution < -0.4 is 10.1 Å². The second kappa shape index (κ2) is 7.44. The first-order valence-electron chi connectivity index (χ1n) is 6.19. The number of aliphatic hydroxyl groups excluding tert-OH is 1. The minimum Gasteiger partial charge on any atom is -0.491 e. The molecule has 0 aliphatic carbocycles. The number of hydrogen-bond acceptors (Lipinski definition) is 3. The van der Waals surface area contributed by atoms with Gasteiger partial charge in [0.25, 0.3) is 0 Å². The van der Waals surface area contributed by atoms with Gasteiger partial charge >= 0.3 is 0 Å². The second-order valence-corrected chi connectivity index (χ2v) is 5.55. The summed E-state index contributed by atoms with van der Waals surface area (Å²) in [6.07, 6.45) is -0.640. The number of anilines is 1. The van der Waals surface area contributed by atoms with Crippen molar-refractivity contribution in [2.75, 3.05) is 18.5 Å². The smallest absolute Gasteiger partial charge is 0.123 e. The van der Waals surface area contributed by atoms with Crippen LogP contribution in [0.1, 0.15) is 0 Å². The van der Waals surface area contributed by atoms with Gasteiger partial charge in [0.05, 0.1) is 0 Å². The van der Waals surface area contributed by atoms with Crippen molar-refractivity contribution in [2.45, 2.75) is 6.10 Å². The van der Waals surface area contributed by atoms with Crippen molar-refractivity contribution in [3.63, 3.8) is 0 Å². The Kier molecular flexibility index (Phi) is 5.60.